The van der Waals surface area contributed by atoms with Gasteiger partial charge in [0.15, 0.2) is 5.76 Å². The highest BCUT2D eigenvalue weighted by atomic mass is 32.2. The van der Waals surface area contributed by atoms with Gasteiger partial charge in [0.1, 0.15) is 5.76 Å². The number of furan rings is 1. The van der Waals surface area contributed by atoms with Gasteiger partial charge in [-0.1, -0.05) is 0 Å². The fourth-order valence-corrected chi connectivity index (χ4v) is 2.61. The maximum atomic E-state index is 12.2. The van der Waals surface area contributed by atoms with Gasteiger partial charge in [0.2, 0.25) is 0 Å². The summed E-state index contributed by atoms with van der Waals surface area (Å²) < 4.78 is 5.51. The van der Waals surface area contributed by atoms with Crippen LogP contribution in [0.3, 0.4) is 0 Å². The van der Waals surface area contributed by atoms with Crippen molar-refractivity contribution in [1.82, 2.24) is 9.80 Å². The molecule has 0 bridgehead atoms. The molecule has 1 saturated heterocycles. The summed E-state index contributed by atoms with van der Waals surface area (Å²) in [6.07, 6.45) is 1.98. The van der Waals surface area contributed by atoms with Gasteiger partial charge in [-0.05, 0) is 18.4 Å². The lowest BCUT2D eigenvalue weighted by atomic mass is 10.3. The van der Waals surface area contributed by atoms with Crippen molar-refractivity contribution in [1.29, 1.82) is 0 Å². The summed E-state index contributed by atoms with van der Waals surface area (Å²) in [5.41, 5.74) is 0. The summed E-state index contributed by atoms with van der Waals surface area (Å²) in [5, 5.41) is 8.73. The van der Waals surface area contributed by atoms with E-state index in [-0.39, 0.29) is 12.5 Å². The Labute approximate surface area is 121 Å². The Morgan fingerprint density at radius 2 is 2.00 bits per heavy atom. The molecule has 0 unspecified atom stereocenters. The molecule has 2 rings (SSSR count). The Morgan fingerprint density at radius 3 is 2.60 bits per heavy atom. The first-order valence-electron chi connectivity index (χ1n) is 6.41. The lowest BCUT2D eigenvalue weighted by Gasteiger charge is -2.33. The second-order valence-electron chi connectivity index (χ2n) is 4.66. The molecule has 0 aliphatic carbocycles. The molecule has 110 valence electrons. The molecule has 1 amide bonds. The molecule has 0 aromatic carbocycles. The van der Waals surface area contributed by atoms with Crippen molar-refractivity contribution < 1.29 is 19.1 Å². The number of carboxylic acids is 1. The van der Waals surface area contributed by atoms with E-state index in [2.05, 4.69) is 0 Å². The van der Waals surface area contributed by atoms with Gasteiger partial charge in [0, 0.05) is 26.2 Å². The maximum Gasteiger partial charge on any atom is 0.317 e. The number of piperazine rings is 1. The van der Waals surface area contributed by atoms with Crippen LogP contribution in [0.5, 0.6) is 0 Å². The van der Waals surface area contributed by atoms with Crippen LogP contribution in [0.4, 0.5) is 0 Å². The first-order chi connectivity index (χ1) is 9.60. The number of amides is 1. The van der Waals surface area contributed by atoms with Gasteiger partial charge in [-0.15, -0.1) is 0 Å². The number of nitrogens with zero attached hydrogens (tertiary/aromatic N) is 2. The van der Waals surface area contributed by atoms with Crippen molar-refractivity contribution in [3.8, 4) is 0 Å². The van der Waals surface area contributed by atoms with E-state index in [9.17, 15) is 9.59 Å². The number of rotatable bonds is 5. The highest BCUT2D eigenvalue weighted by molar-refractivity contribution is 7.97. The number of carbonyl (C=O) groups is 2. The van der Waals surface area contributed by atoms with Crippen LogP contribution in [0.25, 0.3) is 0 Å². The summed E-state index contributed by atoms with van der Waals surface area (Å²) in [6.45, 7) is 2.25. The molecule has 1 fully saturated rings. The highest BCUT2D eigenvalue weighted by Crippen LogP contribution is 2.16. The minimum Gasteiger partial charge on any atom is -0.480 e. The topological polar surface area (TPSA) is 74.0 Å². The van der Waals surface area contributed by atoms with E-state index < -0.39 is 5.97 Å². The fraction of sp³-hybridized carbons (Fsp3) is 0.538. The van der Waals surface area contributed by atoms with E-state index in [1.807, 2.05) is 17.2 Å². The van der Waals surface area contributed by atoms with E-state index in [0.717, 1.165) is 11.5 Å². The Bertz CT molecular complexity index is 480. The van der Waals surface area contributed by atoms with Crippen LogP contribution in [0.15, 0.2) is 16.5 Å². The van der Waals surface area contributed by atoms with Crippen LogP contribution < -0.4 is 0 Å². The average Bonchev–Trinajstić information content (AvgIpc) is 2.87. The number of aliphatic carboxylic acids is 1. The number of carbonyl (C=O) groups excluding carboxylic acids is 1. The van der Waals surface area contributed by atoms with Gasteiger partial charge in [0.25, 0.3) is 5.91 Å². The third kappa shape index (κ3) is 3.77. The average molecular weight is 298 g/mol. The molecule has 7 heteroatoms. The third-order valence-corrected chi connectivity index (χ3v) is 3.75. The molecular weight excluding hydrogens is 280 g/mol. The SMILES string of the molecule is CSCc1ccc(C(=O)N2CCN(CC(=O)O)CC2)o1. The van der Waals surface area contributed by atoms with Gasteiger partial charge >= 0.3 is 5.97 Å². The van der Waals surface area contributed by atoms with Crippen LogP contribution in [-0.4, -0.2) is 65.8 Å². The molecule has 1 aliphatic rings. The zero-order valence-electron chi connectivity index (χ0n) is 11.4. The molecule has 1 aliphatic heterocycles. The molecule has 0 saturated carbocycles. The smallest absolute Gasteiger partial charge is 0.317 e. The number of hydrogen-bond acceptors (Lipinski definition) is 5. The van der Waals surface area contributed by atoms with Crippen LogP contribution in [-0.2, 0) is 10.5 Å². The van der Waals surface area contributed by atoms with Gasteiger partial charge in [-0.3, -0.25) is 14.5 Å². The third-order valence-electron chi connectivity index (χ3n) is 3.18. The van der Waals surface area contributed by atoms with Crippen LogP contribution in [0.1, 0.15) is 16.3 Å². The molecular formula is C13H18N2O4S. The maximum absolute atomic E-state index is 12.2. The zero-order chi connectivity index (χ0) is 14.5. The van der Waals surface area contributed by atoms with Crippen molar-refractivity contribution in [2.75, 3.05) is 39.0 Å². The monoisotopic (exact) mass is 298 g/mol. The predicted octanol–water partition coefficient (Wildman–Crippen LogP) is 0.985. The van der Waals surface area contributed by atoms with Crippen molar-refractivity contribution >= 4 is 23.6 Å². The Balaban J connectivity index is 1.89. The van der Waals surface area contributed by atoms with E-state index in [1.54, 1.807) is 22.7 Å². The largest absolute Gasteiger partial charge is 0.480 e. The Morgan fingerprint density at radius 1 is 1.30 bits per heavy atom. The summed E-state index contributed by atoms with van der Waals surface area (Å²) in [6, 6.07) is 3.53. The lowest BCUT2D eigenvalue weighted by Crippen LogP contribution is -2.49. The predicted molar refractivity (Wildman–Crippen MR) is 75.9 cm³/mol. The number of hydrogen-bond donors (Lipinski definition) is 1. The molecule has 1 aromatic heterocycles. The van der Waals surface area contributed by atoms with Gasteiger partial charge in [-0.2, -0.15) is 11.8 Å². The zero-order valence-corrected chi connectivity index (χ0v) is 12.2. The molecule has 0 spiro atoms. The summed E-state index contributed by atoms with van der Waals surface area (Å²) in [5.74, 6) is 0.954. The second-order valence-corrected chi connectivity index (χ2v) is 5.53. The van der Waals surface area contributed by atoms with E-state index in [1.165, 1.54) is 0 Å². The molecule has 2 heterocycles. The molecule has 6 nitrogen and oxygen atoms in total. The molecule has 0 radical (unpaired) electrons. The number of carboxylic acid groups (broad SMARTS) is 1. The Kier molecular flexibility index (Phi) is 5.08. The van der Waals surface area contributed by atoms with Crippen LogP contribution in [0, 0.1) is 0 Å². The standard InChI is InChI=1S/C13H18N2O4S/c1-20-9-10-2-3-11(19-10)13(18)15-6-4-14(5-7-15)8-12(16)17/h2-3H,4-9H2,1H3,(H,16,17). The quantitative estimate of drug-likeness (QED) is 0.873. The van der Waals surface area contributed by atoms with Crippen LogP contribution >= 0.6 is 11.8 Å². The second kappa shape index (κ2) is 6.81. The highest BCUT2D eigenvalue weighted by Gasteiger charge is 2.24. The van der Waals surface area contributed by atoms with Gasteiger partial charge < -0.3 is 14.4 Å². The van der Waals surface area contributed by atoms with Crippen molar-refractivity contribution in [3.05, 3.63) is 23.7 Å². The lowest BCUT2D eigenvalue weighted by molar-refractivity contribution is -0.138. The van der Waals surface area contributed by atoms with Gasteiger partial charge in [-0.25, -0.2) is 0 Å². The fourth-order valence-electron chi connectivity index (χ4n) is 2.17. The normalized spacial score (nSPS) is 16.4. The van der Waals surface area contributed by atoms with Crippen LogP contribution in [0.2, 0.25) is 0 Å². The van der Waals surface area contributed by atoms with E-state index >= 15 is 0 Å². The van der Waals surface area contributed by atoms with Crippen molar-refractivity contribution in [2.45, 2.75) is 5.75 Å². The molecule has 1 N–H and O–H groups in total. The molecule has 20 heavy (non-hydrogen) atoms. The van der Waals surface area contributed by atoms with Gasteiger partial charge in [0.05, 0.1) is 12.3 Å². The summed E-state index contributed by atoms with van der Waals surface area (Å²) in [7, 11) is 0. The van der Waals surface area contributed by atoms with Crippen molar-refractivity contribution in [3.63, 3.8) is 0 Å². The molecule has 1 aromatic rings. The Hall–Kier alpha value is -1.47. The first-order valence-corrected chi connectivity index (χ1v) is 7.80. The molecule has 0 atom stereocenters. The summed E-state index contributed by atoms with van der Waals surface area (Å²) >= 11 is 1.64. The van der Waals surface area contributed by atoms with E-state index in [4.69, 9.17) is 9.52 Å². The number of thioether (sulfide) groups is 1. The minimum absolute atomic E-state index is 0.0284. The first kappa shape index (κ1) is 14.9. The minimum atomic E-state index is -0.836. The summed E-state index contributed by atoms with van der Waals surface area (Å²) in [4.78, 5) is 26.4. The van der Waals surface area contributed by atoms with E-state index in [0.29, 0.717) is 31.9 Å². The van der Waals surface area contributed by atoms with Crippen molar-refractivity contribution in [2.24, 2.45) is 0 Å².